The first-order valence-electron chi connectivity index (χ1n) is 6.60. The standard InChI is InChI=1S/C13H16FN3O2S2/c1-2-21(18,19)13-9(7-3-5-8(14)6-4-7)10-11(15)16-17-12(10)20-13/h3-6,10-12,16-17H,2,15H2,1H3. The minimum absolute atomic E-state index is 0.0299. The molecule has 0 amide bonds. The number of benzene rings is 1. The van der Waals surface area contributed by atoms with Gasteiger partial charge in [-0.1, -0.05) is 30.8 Å². The van der Waals surface area contributed by atoms with E-state index in [2.05, 4.69) is 10.9 Å². The molecule has 0 saturated carbocycles. The lowest BCUT2D eigenvalue weighted by Crippen LogP contribution is -2.39. The predicted octanol–water partition coefficient (Wildman–Crippen LogP) is 1.01. The van der Waals surface area contributed by atoms with Crippen LogP contribution in [0.4, 0.5) is 4.39 Å². The highest BCUT2D eigenvalue weighted by Gasteiger charge is 2.47. The molecule has 1 aromatic rings. The smallest absolute Gasteiger partial charge is 0.184 e. The van der Waals surface area contributed by atoms with Crippen LogP contribution in [0.1, 0.15) is 12.5 Å². The van der Waals surface area contributed by atoms with Crippen molar-refractivity contribution in [2.75, 3.05) is 5.75 Å². The lowest BCUT2D eigenvalue weighted by Gasteiger charge is -2.17. The van der Waals surface area contributed by atoms with Crippen molar-refractivity contribution < 1.29 is 12.8 Å². The summed E-state index contributed by atoms with van der Waals surface area (Å²) in [5.74, 6) is -0.493. The fraction of sp³-hybridized carbons (Fsp3) is 0.385. The minimum Gasteiger partial charge on any atom is -0.314 e. The molecule has 0 aliphatic carbocycles. The van der Waals surface area contributed by atoms with Gasteiger partial charge in [-0.05, 0) is 23.3 Å². The Labute approximate surface area is 127 Å². The number of hydrogen-bond acceptors (Lipinski definition) is 6. The average molecular weight is 329 g/mol. The van der Waals surface area contributed by atoms with E-state index in [0.717, 1.165) is 0 Å². The van der Waals surface area contributed by atoms with Crippen molar-refractivity contribution in [1.29, 1.82) is 0 Å². The number of rotatable bonds is 3. The highest BCUT2D eigenvalue weighted by atomic mass is 32.3. The van der Waals surface area contributed by atoms with Crippen LogP contribution >= 0.6 is 11.8 Å². The summed E-state index contributed by atoms with van der Waals surface area (Å²) in [6.45, 7) is 1.62. The Morgan fingerprint density at radius 3 is 2.57 bits per heavy atom. The number of nitrogens with one attached hydrogen (secondary N) is 2. The van der Waals surface area contributed by atoms with E-state index in [1.54, 1.807) is 19.1 Å². The van der Waals surface area contributed by atoms with Crippen molar-refractivity contribution in [3.63, 3.8) is 0 Å². The van der Waals surface area contributed by atoms with Crippen LogP contribution in [0.2, 0.25) is 0 Å². The first kappa shape index (κ1) is 15.0. The van der Waals surface area contributed by atoms with E-state index in [1.807, 2.05) is 0 Å². The fourth-order valence-electron chi connectivity index (χ4n) is 2.61. The largest absolute Gasteiger partial charge is 0.314 e. The molecule has 21 heavy (non-hydrogen) atoms. The molecule has 3 unspecified atom stereocenters. The van der Waals surface area contributed by atoms with Crippen molar-refractivity contribution in [1.82, 2.24) is 10.9 Å². The zero-order valence-electron chi connectivity index (χ0n) is 11.3. The van der Waals surface area contributed by atoms with E-state index < -0.39 is 9.84 Å². The quantitative estimate of drug-likeness (QED) is 0.768. The van der Waals surface area contributed by atoms with Crippen molar-refractivity contribution in [3.8, 4) is 0 Å². The van der Waals surface area contributed by atoms with Gasteiger partial charge >= 0.3 is 0 Å². The monoisotopic (exact) mass is 329 g/mol. The second-order valence-corrected chi connectivity index (χ2v) is 8.62. The molecule has 5 nitrogen and oxygen atoms in total. The summed E-state index contributed by atoms with van der Waals surface area (Å²) in [6.07, 6.45) is -0.382. The Kier molecular flexibility index (Phi) is 3.83. The summed E-state index contributed by atoms with van der Waals surface area (Å²) >= 11 is 1.27. The Balaban J connectivity index is 2.16. The van der Waals surface area contributed by atoms with E-state index in [-0.39, 0.29) is 29.0 Å². The molecule has 4 N–H and O–H groups in total. The average Bonchev–Trinajstić information content (AvgIpc) is 3.01. The van der Waals surface area contributed by atoms with Crippen molar-refractivity contribution >= 4 is 27.2 Å². The maximum Gasteiger partial charge on any atom is 0.184 e. The lowest BCUT2D eigenvalue weighted by atomic mass is 9.92. The highest BCUT2D eigenvalue weighted by molar-refractivity contribution is 8.19. The normalized spacial score (nSPS) is 29.0. The molecule has 3 atom stereocenters. The number of hydrogen-bond donors (Lipinski definition) is 3. The molecule has 0 spiro atoms. The molecule has 0 aromatic heterocycles. The van der Waals surface area contributed by atoms with E-state index in [1.165, 1.54) is 23.9 Å². The van der Waals surface area contributed by atoms with Crippen molar-refractivity contribution in [2.24, 2.45) is 11.7 Å². The summed E-state index contributed by atoms with van der Waals surface area (Å²) in [4.78, 5) is 0. The van der Waals surface area contributed by atoms with E-state index in [9.17, 15) is 12.8 Å². The Morgan fingerprint density at radius 1 is 1.29 bits per heavy atom. The third-order valence-electron chi connectivity index (χ3n) is 3.71. The maximum atomic E-state index is 13.1. The van der Waals surface area contributed by atoms with Crippen molar-refractivity contribution in [2.45, 2.75) is 18.5 Å². The van der Waals surface area contributed by atoms with Gasteiger partial charge in [0.1, 0.15) is 10.1 Å². The number of thioether (sulfide) groups is 1. The zero-order valence-corrected chi connectivity index (χ0v) is 13.0. The molecule has 8 heteroatoms. The molecule has 0 bridgehead atoms. The summed E-state index contributed by atoms with van der Waals surface area (Å²) in [5, 5.41) is -0.128. The van der Waals surface area contributed by atoms with Gasteiger partial charge in [0.05, 0.1) is 17.3 Å². The summed E-state index contributed by atoms with van der Waals surface area (Å²) < 4.78 is 38.2. The number of hydrazine groups is 1. The number of halogens is 1. The minimum atomic E-state index is -3.35. The molecular formula is C13H16FN3O2S2. The fourth-order valence-corrected chi connectivity index (χ4v) is 5.90. The number of nitrogens with two attached hydrogens (primary N) is 1. The van der Waals surface area contributed by atoms with Crippen LogP contribution < -0.4 is 16.6 Å². The van der Waals surface area contributed by atoms with Gasteiger partial charge in [-0.15, -0.1) is 0 Å². The van der Waals surface area contributed by atoms with E-state index in [0.29, 0.717) is 15.4 Å². The molecule has 1 saturated heterocycles. The van der Waals surface area contributed by atoms with Crippen LogP contribution in [-0.4, -0.2) is 25.7 Å². The molecule has 2 heterocycles. The zero-order chi connectivity index (χ0) is 15.2. The lowest BCUT2D eigenvalue weighted by molar-refractivity contribution is 0.539. The van der Waals surface area contributed by atoms with Gasteiger partial charge in [-0.25, -0.2) is 23.7 Å². The van der Waals surface area contributed by atoms with E-state index >= 15 is 0 Å². The molecule has 1 fully saturated rings. The first-order valence-corrected chi connectivity index (χ1v) is 9.13. The van der Waals surface area contributed by atoms with Crippen molar-refractivity contribution in [3.05, 3.63) is 39.9 Å². The summed E-state index contributed by atoms with van der Waals surface area (Å²) in [6, 6.07) is 5.86. The molecule has 2 aliphatic rings. The van der Waals surface area contributed by atoms with Crippen LogP contribution in [-0.2, 0) is 9.84 Å². The van der Waals surface area contributed by atoms with Crippen LogP contribution in [0.25, 0.3) is 5.57 Å². The van der Waals surface area contributed by atoms with Crippen LogP contribution in [0.3, 0.4) is 0 Å². The third kappa shape index (κ3) is 2.51. The van der Waals surface area contributed by atoms with Gasteiger partial charge < -0.3 is 5.73 Å². The van der Waals surface area contributed by atoms with Gasteiger partial charge in [-0.3, -0.25) is 0 Å². The van der Waals surface area contributed by atoms with E-state index in [4.69, 9.17) is 5.73 Å². The molecule has 2 aliphatic heterocycles. The van der Waals surface area contributed by atoms with Crippen LogP contribution in [0.5, 0.6) is 0 Å². The van der Waals surface area contributed by atoms with Gasteiger partial charge in [0, 0.05) is 5.92 Å². The van der Waals surface area contributed by atoms with Gasteiger partial charge in [0.2, 0.25) is 0 Å². The molecule has 3 rings (SSSR count). The van der Waals surface area contributed by atoms with Gasteiger partial charge in [0.25, 0.3) is 0 Å². The molecule has 114 valence electrons. The molecular weight excluding hydrogens is 313 g/mol. The Hall–Kier alpha value is -0.930. The van der Waals surface area contributed by atoms with Gasteiger partial charge in [-0.2, -0.15) is 0 Å². The highest BCUT2D eigenvalue weighted by Crippen LogP contribution is 2.50. The second kappa shape index (κ2) is 5.36. The summed E-state index contributed by atoms with van der Waals surface area (Å²) in [5.41, 5.74) is 13.4. The third-order valence-corrected chi connectivity index (χ3v) is 7.40. The Morgan fingerprint density at radius 2 is 1.95 bits per heavy atom. The predicted molar refractivity (Wildman–Crippen MR) is 81.9 cm³/mol. The SMILES string of the molecule is CCS(=O)(=O)C1=C(c2ccc(F)cc2)C2C(N)NNC2S1. The molecule has 1 aromatic carbocycles. The van der Waals surface area contributed by atoms with Crippen LogP contribution in [0.15, 0.2) is 28.5 Å². The van der Waals surface area contributed by atoms with Gasteiger partial charge in [0.15, 0.2) is 9.84 Å². The topological polar surface area (TPSA) is 84.2 Å². The first-order chi connectivity index (χ1) is 9.94. The van der Waals surface area contributed by atoms with Crippen LogP contribution in [0, 0.1) is 11.7 Å². The Bertz CT molecular complexity index is 688. The second-order valence-electron chi connectivity index (χ2n) is 4.99. The molecule has 0 radical (unpaired) electrons. The number of sulfone groups is 1. The summed E-state index contributed by atoms with van der Waals surface area (Å²) in [7, 11) is -3.35. The number of fused-ring (bicyclic) bond motifs is 1. The maximum absolute atomic E-state index is 13.1.